The molecule has 0 bridgehead atoms. The number of carbonyl (C=O) groups excluding carboxylic acids is 1. The van der Waals surface area contributed by atoms with E-state index in [1.54, 1.807) is 0 Å². The molecule has 1 saturated heterocycles. The van der Waals surface area contributed by atoms with Crippen LogP contribution in [0.25, 0.3) is 0 Å². The van der Waals surface area contributed by atoms with Crippen molar-refractivity contribution in [1.29, 1.82) is 0 Å². The molecule has 0 radical (unpaired) electrons. The molecule has 26 heavy (non-hydrogen) atoms. The van der Waals surface area contributed by atoms with E-state index < -0.39 is 5.60 Å². The normalized spacial score (nSPS) is 18.0. The predicted octanol–water partition coefficient (Wildman–Crippen LogP) is 3.18. The van der Waals surface area contributed by atoms with Crippen molar-refractivity contribution in [1.82, 2.24) is 10.2 Å². The first-order valence-corrected chi connectivity index (χ1v) is 9.31. The average molecular weight is 352 g/mol. The summed E-state index contributed by atoms with van der Waals surface area (Å²) in [7, 11) is 0. The summed E-state index contributed by atoms with van der Waals surface area (Å²) in [4.78, 5) is 14.9. The zero-order valence-electron chi connectivity index (χ0n) is 15.6. The van der Waals surface area contributed by atoms with Gasteiger partial charge >= 0.3 is 0 Å². The molecule has 1 amide bonds. The number of aliphatic hydroxyl groups is 1. The molecule has 1 atom stereocenters. The Balaban J connectivity index is 1.68. The molecular formula is C22H28N2O2. The molecule has 1 aliphatic rings. The van der Waals surface area contributed by atoms with E-state index in [0.29, 0.717) is 13.0 Å². The molecule has 0 aliphatic carbocycles. The quantitative estimate of drug-likeness (QED) is 0.869. The van der Waals surface area contributed by atoms with Gasteiger partial charge in [-0.15, -0.1) is 0 Å². The maximum absolute atomic E-state index is 13.0. The van der Waals surface area contributed by atoms with E-state index in [1.807, 2.05) is 61.2 Å². The van der Waals surface area contributed by atoms with E-state index in [2.05, 4.69) is 17.4 Å². The average Bonchev–Trinajstić information content (AvgIpc) is 2.66. The van der Waals surface area contributed by atoms with Crippen molar-refractivity contribution < 1.29 is 9.90 Å². The molecular weight excluding hydrogens is 324 g/mol. The minimum atomic E-state index is -0.693. The molecule has 2 aromatic carbocycles. The van der Waals surface area contributed by atoms with E-state index in [1.165, 1.54) is 5.56 Å². The van der Waals surface area contributed by atoms with Crippen LogP contribution in [0.4, 0.5) is 0 Å². The van der Waals surface area contributed by atoms with Crippen molar-refractivity contribution in [2.24, 2.45) is 0 Å². The molecule has 4 heteroatoms. The Bertz CT molecular complexity index is 737. The minimum absolute atomic E-state index is 0.0811. The van der Waals surface area contributed by atoms with Gasteiger partial charge in [0.15, 0.2) is 0 Å². The Kier molecular flexibility index (Phi) is 5.74. The fraction of sp³-hybridized carbons (Fsp3) is 0.409. The van der Waals surface area contributed by atoms with Crippen LogP contribution >= 0.6 is 0 Å². The van der Waals surface area contributed by atoms with Crippen molar-refractivity contribution in [3.05, 3.63) is 71.3 Å². The molecule has 0 spiro atoms. The van der Waals surface area contributed by atoms with Crippen LogP contribution in [0.5, 0.6) is 0 Å². The second kappa shape index (κ2) is 8.02. The first kappa shape index (κ1) is 18.6. The molecule has 1 aliphatic heterocycles. The maximum Gasteiger partial charge on any atom is 0.253 e. The highest BCUT2D eigenvalue weighted by Gasteiger charge is 2.25. The third-order valence-electron chi connectivity index (χ3n) is 4.86. The minimum Gasteiger partial charge on any atom is -0.390 e. The van der Waals surface area contributed by atoms with E-state index in [9.17, 15) is 9.90 Å². The van der Waals surface area contributed by atoms with Crippen LogP contribution in [0, 0.1) is 0 Å². The molecule has 2 N–H and O–H groups in total. The van der Waals surface area contributed by atoms with Crippen LogP contribution in [-0.4, -0.2) is 41.1 Å². The lowest BCUT2D eigenvalue weighted by Crippen LogP contribution is -2.48. The smallest absolute Gasteiger partial charge is 0.253 e. The van der Waals surface area contributed by atoms with Crippen LogP contribution < -0.4 is 5.32 Å². The third kappa shape index (κ3) is 4.93. The van der Waals surface area contributed by atoms with Crippen LogP contribution in [0.2, 0.25) is 0 Å². The summed E-state index contributed by atoms with van der Waals surface area (Å²) in [6.07, 6.45) is 1.44. The molecule has 3 rings (SSSR count). The Morgan fingerprint density at radius 2 is 1.96 bits per heavy atom. The van der Waals surface area contributed by atoms with Gasteiger partial charge in [-0.2, -0.15) is 0 Å². The number of nitrogens with zero attached hydrogens (tertiary/aromatic N) is 1. The first-order chi connectivity index (χ1) is 12.4. The van der Waals surface area contributed by atoms with Crippen molar-refractivity contribution in [3.8, 4) is 0 Å². The Morgan fingerprint density at radius 1 is 1.19 bits per heavy atom. The van der Waals surface area contributed by atoms with Gasteiger partial charge in [0, 0.05) is 31.2 Å². The van der Waals surface area contributed by atoms with E-state index in [0.717, 1.165) is 30.6 Å². The molecule has 2 aromatic rings. The van der Waals surface area contributed by atoms with Crippen molar-refractivity contribution in [2.45, 2.75) is 38.3 Å². The van der Waals surface area contributed by atoms with E-state index in [-0.39, 0.29) is 11.9 Å². The predicted molar refractivity (Wildman–Crippen MR) is 104 cm³/mol. The summed E-state index contributed by atoms with van der Waals surface area (Å²) < 4.78 is 0. The Hall–Kier alpha value is -2.17. The lowest BCUT2D eigenvalue weighted by atomic mass is 9.97. The topological polar surface area (TPSA) is 52.6 Å². The number of amides is 1. The maximum atomic E-state index is 13.0. The number of hydrogen-bond donors (Lipinski definition) is 2. The van der Waals surface area contributed by atoms with Gasteiger partial charge in [0.05, 0.1) is 5.60 Å². The SMILES string of the molecule is CC(C)(O)CCc1cccc(C(=O)N2CCN[C@@H](c3ccccc3)C2)c1. The summed E-state index contributed by atoms with van der Waals surface area (Å²) in [5.41, 5.74) is 2.34. The number of benzene rings is 2. The summed E-state index contributed by atoms with van der Waals surface area (Å²) in [6, 6.07) is 18.3. The highest BCUT2D eigenvalue weighted by atomic mass is 16.3. The van der Waals surface area contributed by atoms with Gasteiger partial charge in [0.25, 0.3) is 5.91 Å². The third-order valence-corrected chi connectivity index (χ3v) is 4.86. The molecule has 4 nitrogen and oxygen atoms in total. The van der Waals surface area contributed by atoms with Gasteiger partial charge in [-0.05, 0) is 49.9 Å². The van der Waals surface area contributed by atoms with Crippen LogP contribution in [-0.2, 0) is 6.42 Å². The van der Waals surface area contributed by atoms with E-state index in [4.69, 9.17) is 0 Å². The summed E-state index contributed by atoms with van der Waals surface area (Å²) in [6.45, 7) is 5.81. The lowest BCUT2D eigenvalue weighted by molar-refractivity contribution is 0.0703. The Morgan fingerprint density at radius 3 is 2.69 bits per heavy atom. The van der Waals surface area contributed by atoms with Crippen molar-refractivity contribution in [3.63, 3.8) is 0 Å². The number of nitrogens with one attached hydrogen (secondary N) is 1. The zero-order chi connectivity index (χ0) is 18.6. The van der Waals surface area contributed by atoms with Crippen LogP contribution in [0.15, 0.2) is 54.6 Å². The number of hydrogen-bond acceptors (Lipinski definition) is 3. The fourth-order valence-corrected chi connectivity index (χ4v) is 3.34. The fourth-order valence-electron chi connectivity index (χ4n) is 3.34. The molecule has 0 unspecified atom stereocenters. The largest absolute Gasteiger partial charge is 0.390 e. The number of rotatable bonds is 5. The highest BCUT2D eigenvalue weighted by molar-refractivity contribution is 5.94. The van der Waals surface area contributed by atoms with Gasteiger partial charge in [-0.25, -0.2) is 0 Å². The second-order valence-corrected chi connectivity index (χ2v) is 7.68. The van der Waals surface area contributed by atoms with Gasteiger partial charge in [-0.1, -0.05) is 42.5 Å². The second-order valence-electron chi connectivity index (χ2n) is 7.68. The number of aryl methyl sites for hydroxylation is 1. The molecule has 1 fully saturated rings. The monoisotopic (exact) mass is 352 g/mol. The standard InChI is InChI=1S/C22H28N2O2/c1-22(2,26)12-11-17-7-6-10-19(15-17)21(25)24-14-13-23-20(16-24)18-8-4-3-5-9-18/h3-10,15,20,23,26H,11-14,16H2,1-2H3/t20-/m1/s1. The van der Waals surface area contributed by atoms with Crippen molar-refractivity contribution in [2.75, 3.05) is 19.6 Å². The Labute approximate surface area is 155 Å². The van der Waals surface area contributed by atoms with Crippen LogP contribution in [0.3, 0.4) is 0 Å². The van der Waals surface area contributed by atoms with Gasteiger partial charge in [-0.3, -0.25) is 4.79 Å². The lowest BCUT2D eigenvalue weighted by Gasteiger charge is -2.34. The molecule has 0 aromatic heterocycles. The molecule has 138 valence electrons. The zero-order valence-corrected chi connectivity index (χ0v) is 15.6. The first-order valence-electron chi connectivity index (χ1n) is 9.31. The van der Waals surface area contributed by atoms with Crippen molar-refractivity contribution >= 4 is 5.91 Å². The van der Waals surface area contributed by atoms with Gasteiger partial charge in [0.2, 0.25) is 0 Å². The summed E-state index contributed by atoms with van der Waals surface area (Å²) >= 11 is 0. The van der Waals surface area contributed by atoms with Crippen LogP contribution in [0.1, 0.15) is 47.8 Å². The summed E-state index contributed by atoms with van der Waals surface area (Å²) in [5, 5.41) is 13.4. The number of carbonyl (C=O) groups is 1. The van der Waals surface area contributed by atoms with Gasteiger partial charge in [0.1, 0.15) is 0 Å². The number of piperazine rings is 1. The molecule has 0 saturated carbocycles. The van der Waals surface area contributed by atoms with Gasteiger partial charge < -0.3 is 15.3 Å². The highest BCUT2D eigenvalue weighted by Crippen LogP contribution is 2.20. The molecule has 1 heterocycles. The summed E-state index contributed by atoms with van der Waals surface area (Å²) in [5.74, 6) is 0.0811. The van der Waals surface area contributed by atoms with E-state index >= 15 is 0 Å².